The summed E-state index contributed by atoms with van der Waals surface area (Å²) in [4.78, 5) is 14.6. The zero-order valence-corrected chi connectivity index (χ0v) is 19.8. The molecule has 1 amide bonds. The van der Waals surface area contributed by atoms with Gasteiger partial charge in [-0.05, 0) is 63.1 Å². The summed E-state index contributed by atoms with van der Waals surface area (Å²) in [6, 6.07) is 8.23. The van der Waals surface area contributed by atoms with Gasteiger partial charge in [-0.2, -0.15) is 0 Å². The fourth-order valence-electron chi connectivity index (χ4n) is 3.39. The molecule has 3 rings (SSSR count). The van der Waals surface area contributed by atoms with Crippen molar-refractivity contribution in [3.8, 4) is 11.5 Å². The number of fused-ring (bicyclic) bond motifs is 1. The van der Waals surface area contributed by atoms with Crippen LogP contribution in [0.25, 0.3) is 0 Å². The van der Waals surface area contributed by atoms with E-state index in [1.54, 1.807) is 30.0 Å². The van der Waals surface area contributed by atoms with E-state index >= 15 is 0 Å². The van der Waals surface area contributed by atoms with E-state index in [4.69, 9.17) is 9.47 Å². The number of hydrogen-bond donors (Lipinski definition) is 1. The van der Waals surface area contributed by atoms with Crippen molar-refractivity contribution >= 4 is 27.3 Å². The Kier molecular flexibility index (Phi) is 6.69. The minimum Gasteiger partial charge on any atom is -0.491 e. The lowest BCUT2D eigenvalue weighted by Gasteiger charge is -2.29. The Balaban J connectivity index is 1.96. The van der Waals surface area contributed by atoms with Crippen molar-refractivity contribution in [3.05, 3.63) is 42.2 Å². The number of amides is 1. The van der Waals surface area contributed by atoms with Crippen molar-refractivity contribution in [3.63, 3.8) is 0 Å². The first-order valence-electron chi connectivity index (χ1n) is 10.5. The maximum Gasteiger partial charge on any atom is 0.262 e. The van der Waals surface area contributed by atoms with Gasteiger partial charge in [-0.25, -0.2) is 12.8 Å². The lowest BCUT2D eigenvalue weighted by molar-refractivity contribution is -0.127. The molecule has 0 aliphatic carbocycles. The average Bonchev–Trinajstić information content (AvgIpc) is 2.79. The number of ether oxygens (including phenoxy) is 2. The molecule has 9 heteroatoms. The van der Waals surface area contributed by atoms with Gasteiger partial charge in [0, 0.05) is 6.54 Å². The van der Waals surface area contributed by atoms with Crippen molar-refractivity contribution < 1.29 is 27.1 Å². The second-order valence-corrected chi connectivity index (χ2v) is 10.5. The summed E-state index contributed by atoms with van der Waals surface area (Å²) < 4.78 is 53.4. The van der Waals surface area contributed by atoms with Crippen LogP contribution in [0, 0.1) is 17.2 Å². The van der Waals surface area contributed by atoms with E-state index in [-0.39, 0.29) is 41.4 Å². The lowest BCUT2D eigenvalue weighted by Crippen LogP contribution is -2.43. The fourth-order valence-corrected chi connectivity index (χ4v) is 4.45. The highest BCUT2D eigenvalue weighted by Gasteiger charge is 2.38. The molecule has 0 bridgehead atoms. The molecule has 2 aromatic carbocycles. The lowest BCUT2D eigenvalue weighted by atomic mass is 9.92. The van der Waals surface area contributed by atoms with Crippen LogP contribution in [-0.2, 0) is 14.8 Å². The molecular weight excluding hydrogens is 435 g/mol. The first-order chi connectivity index (χ1) is 14.9. The molecule has 0 spiro atoms. The van der Waals surface area contributed by atoms with Crippen LogP contribution in [-0.4, -0.2) is 34.1 Å². The van der Waals surface area contributed by atoms with Crippen molar-refractivity contribution in [1.29, 1.82) is 0 Å². The maximum absolute atomic E-state index is 14.2. The highest BCUT2D eigenvalue weighted by Crippen LogP contribution is 2.39. The Labute approximate surface area is 188 Å². The molecule has 1 heterocycles. The van der Waals surface area contributed by atoms with Gasteiger partial charge in [0.2, 0.25) is 5.91 Å². The molecule has 32 heavy (non-hydrogen) atoms. The number of rotatable bonds is 7. The van der Waals surface area contributed by atoms with E-state index in [0.717, 1.165) is 6.07 Å². The number of nitrogens with one attached hydrogen (secondary N) is 1. The van der Waals surface area contributed by atoms with Gasteiger partial charge in [0.1, 0.15) is 12.4 Å². The summed E-state index contributed by atoms with van der Waals surface area (Å²) in [7, 11) is -4.07. The van der Waals surface area contributed by atoms with E-state index in [0.29, 0.717) is 18.0 Å². The molecule has 1 aliphatic heterocycles. The third-order valence-electron chi connectivity index (χ3n) is 4.98. The van der Waals surface area contributed by atoms with Gasteiger partial charge in [-0.3, -0.25) is 9.52 Å². The van der Waals surface area contributed by atoms with Gasteiger partial charge in [0.15, 0.2) is 11.6 Å². The van der Waals surface area contributed by atoms with Crippen LogP contribution in [0.15, 0.2) is 41.3 Å². The monoisotopic (exact) mass is 464 g/mol. The topological polar surface area (TPSA) is 84.9 Å². The Morgan fingerprint density at radius 3 is 2.56 bits per heavy atom. The summed E-state index contributed by atoms with van der Waals surface area (Å²) in [6.45, 7) is 10.3. The van der Waals surface area contributed by atoms with E-state index < -0.39 is 21.3 Å². The van der Waals surface area contributed by atoms with E-state index in [9.17, 15) is 17.6 Å². The third kappa shape index (κ3) is 4.98. The summed E-state index contributed by atoms with van der Waals surface area (Å²) in [5.74, 6) is -0.189. The molecule has 1 N–H and O–H groups in total. The molecule has 0 saturated carbocycles. The number of benzene rings is 2. The van der Waals surface area contributed by atoms with Crippen LogP contribution in [0.2, 0.25) is 0 Å². The highest BCUT2D eigenvalue weighted by molar-refractivity contribution is 7.92. The number of nitrogens with zero attached hydrogens (tertiary/aromatic N) is 1. The largest absolute Gasteiger partial charge is 0.491 e. The van der Waals surface area contributed by atoms with Crippen molar-refractivity contribution in [2.45, 2.75) is 39.5 Å². The SMILES string of the molecule is CCOc1ccc(S(=O)(=O)Nc2ccc3c(c2)N(CC(C)C)C(=O)C(C)(C)CO3)cc1F. The minimum absolute atomic E-state index is 0.0147. The molecular formula is C23H29FN2O5S. The zero-order valence-electron chi connectivity index (χ0n) is 18.9. The second kappa shape index (κ2) is 8.97. The van der Waals surface area contributed by atoms with E-state index in [1.807, 2.05) is 27.7 Å². The molecule has 174 valence electrons. The molecule has 0 unspecified atom stereocenters. The van der Waals surface area contributed by atoms with Gasteiger partial charge in [0.25, 0.3) is 10.0 Å². The van der Waals surface area contributed by atoms with E-state index in [1.165, 1.54) is 12.1 Å². The van der Waals surface area contributed by atoms with Crippen LogP contribution in [0.4, 0.5) is 15.8 Å². The first-order valence-corrected chi connectivity index (χ1v) is 12.0. The van der Waals surface area contributed by atoms with Crippen LogP contribution >= 0.6 is 0 Å². The standard InChI is InChI=1S/C23H29FN2O5S/c1-6-30-20-10-8-17(12-18(20)24)32(28,29)25-16-7-9-21-19(11-16)26(13-15(2)3)22(27)23(4,5)14-31-21/h7-12,15,25H,6,13-14H2,1-5H3. The van der Waals surface area contributed by atoms with Crippen molar-refractivity contribution in [1.82, 2.24) is 0 Å². The summed E-state index contributed by atoms with van der Waals surface area (Å²) in [6.07, 6.45) is 0. The molecule has 7 nitrogen and oxygen atoms in total. The number of halogens is 1. The quantitative estimate of drug-likeness (QED) is 0.655. The Hall–Kier alpha value is -2.81. The molecule has 0 saturated heterocycles. The van der Waals surface area contributed by atoms with Gasteiger partial charge in [-0.15, -0.1) is 0 Å². The number of sulfonamides is 1. The predicted molar refractivity (Wildman–Crippen MR) is 121 cm³/mol. The fraction of sp³-hybridized carbons (Fsp3) is 0.435. The number of carbonyl (C=O) groups excluding carboxylic acids is 1. The molecule has 0 radical (unpaired) electrons. The van der Waals surface area contributed by atoms with Gasteiger partial charge in [0.05, 0.1) is 28.3 Å². The van der Waals surface area contributed by atoms with Crippen molar-refractivity contribution in [2.75, 3.05) is 29.4 Å². The van der Waals surface area contributed by atoms with Gasteiger partial charge < -0.3 is 14.4 Å². The average molecular weight is 465 g/mol. The van der Waals surface area contributed by atoms with Gasteiger partial charge >= 0.3 is 0 Å². The van der Waals surface area contributed by atoms with Crippen LogP contribution < -0.4 is 19.1 Å². The Morgan fingerprint density at radius 1 is 1.22 bits per heavy atom. The molecule has 0 aromatic heterocycles. The minimum atomic E-state index is -4.07. The highest BCUT2D eigenvalue weighted by atomic mass is 32.2. The first kappa shape index (κ1) is 23.8. The molecule has 0 fully saturated rings. The predicted octanol–water partition coefficient (Wildman–Crippen LogP) is 4.43. The summed E-state index contributed by atoms with van der Waals surface area (Å²) in [5.41, 5.74) is 0.00296. The third-order valence-corrected chi connectivity index (χ3v) is 6.35. The molecule has 2 aromatic rings. The number of carbonyl (C=O) groups is 1. The smallest absolute Gasteiger partial charge is 0.262 e. The van der Waals surface area contributed by atoms with E-state index in [2.05, 4.69) is 4.72 Å². The molecule has 0 atom stereocenters. The second-order valence-electron chi connectivity index (χ2n) is 8.80. The summed E-state index contributed by atoms with van der Waals surface area (Å²) in [5, 5.41) is 0. The van der Waals surface area contributed by atoms with Crippen LogP contribution in [0.5, 0.6) is 11.5 Å². The number of hydrogen-bond acceptors (Lipinski definition) is 5. The number of anilines is 2. The Bertz CT molecular complexity index is 1120. The maximum atomic E-state index is 14.2. The molecule has 1 aliphatic rings. The van der Waals surface area contributed by atoms with Gasteiger partial charge in [-0.1, -0.05) is 13.8 Å². The normalized spacial score (nSPS) is 15.7. The van der Waals surface area contributed by atoms with Crippen LogP contribution in [0.3, 0.4) is 0 Å². The summed E-state index contributed by atoms with van der Waals surface area (Å²) >= 11 is 0. The van der Waals surface area contributed by atoms with Crippen LogP contribution in [0.1, 0.15) is 34.6 Å². The van der Waals surface area contributed by atoms with Crippen molar-refractivity contribution in [2.24, 2.45) is 11.3 Å². The Morgan fingerprint density at radius 2 is 1.94 bits per heavy atom. The zero-order chi connectivity index (χ0) is 23.7.